The van der Waals surface area contributed by atoms with Gasteiger partial charge in [-0.2, -0.15) is 0 Å². The molecule has 0 fully saturated rings. The van der Waals surface area contributed by atoms with Crippen LogP contribution in [-0.2, 0) is 4.74 Å². The predicted molar refractivity (Wildman–Crippen MR) is 88.8 cm³/mol. The quantitative estimate of drug-likeness (QED) is 0.895. The molecular formula is C18H23FN2O2. The Morgan fingerprint density at radius 3 is 2.70 bits per heavy atom. The van der Waals surface area contributed by atoms with Crippen LogP contribution in [0.5, 0.6) is 0 Å². The number of pyridine rings is 1. The van der Waals surface area contributed by atoms with Crippen molar-refractivity contribution in [1.29, 1.82) is 0 Å². The number of nitrogens with one attached hydrogen (secondary N) is 1. The van der Waals surface area contributed by atoms with Crippen LogP contribution in [0.15, 0.2) is 24.4 Å². The van der Waals surface area contributed by atoms with Gasteiger partial charge < -0.3 is 10.1 Å². The first-order valence-electron chi connectivity index (χ1n) is 7.75. The van der Waals surface area contributed by atoms with E-state index in [1.807, 2.05) is 46.8 Å². The standard InChI is InChI=1S/C18H23FN2O2/c1-6-15(21-17(22)23-18(3,4)5)12-7-8-20-16-13(12)9-11(2)10-14(16)19/h7-10,15H,6H2,1-5H3,(H,21,22). The summed E-state index contributed by atoms with van der Waals surface area (Å²) in [6.45, 7) is 9.23. The van der Waals surface area contributed by atoms with E-state index in [4.69, 9.17) is 4.74 Å². The number of ether oxygens (including phenoxy) is 1. The number of halogens is 1. The Bertz CT molecular complexity index is 723. The largest absolute Gasteiger partial charge is 0.444 e. The summed E-state index contributed by atoms with van der Waals surface area (Å²) < 4.78 is 19.4. The molecule has 1 atom stereocenters. The molecule has 0 radical (unpaired) electrons. The van der Waals surface area contributed by atoms with Gasteiger partial charge in [-0.05, 0) is 63.4 Å². The zero-order valence-corrected chi connectivity index (χ0v) is 14.2. The Kier molecular flexibility index (Phi) is 4.88. The zero-order chi connectivity index (χ0) is 17.2. The molecule has 1 unspecified atom stereocenters. The smallest absolute Gasteiger partial charge is 0.408 e. The molecule has 0 aliphatic rings. The van der Waals surface area contributed by atoms with Crippen molar-refractivity contribution >= 4 is 17.0 Å². The SMILES string of the molecule is CCC(NC(=O)OC(C)(C)C)c1ccnc2c(F)cc(C)cc12. The maximum absolute atomic E-state index is 14.1. The number of aromatic nitrogens is 1. The third kappa shape index (κ3) is 4.18. The minimum atomic E-state index is -0.564. The second-order valence-electron chi connectivity index (χ2n) is 6.65. The van der Waals surface area contributed by atoms with Gasteiger partial charge in [0.2, 0.25) is 0 Å². The topological polar surface area (TPSA) is 51.2 Å². The number of fused-ring (bicyclic) bond motifs is 1. The lowest BCUT2D eigenvalue weighted by Crippen LogP contribution is -2.34. The summed E-state index contributed by atoms with van der Waals surface area (Å²) in [7, 11) is 0. The molecular weight excluding hydrogens is 295 g/mol. The highest BCUT2D eigenvalue weighted by molar-refractivity contribution is 5.84. The van der Waals surface area contributed by atoms with Gasteiger partial charge in [0.15, 0.2) is 0 Å². The van der Waals surface area contributed by atoms with E-state index in [9.17, 15) is 9.18 Å². The van der Waals surface area contributed by atoms with E-state index in [1.54, 1.807) is 6.20 Å². The van der Waals surface area contributed by atoms with Gasteiger partial charge in [-0.3, -0.25) is 4.98 Å². The first-order chi connectivity index (χ1) is 10.7. The summed E-state index contributed by atoms with van der Waals surface area (Å²) in [6.07, 6.45) is 1.74. The number of carbonyl (C=O) groups is 1. The Labute approximate surface area is 136 Å². The molecule has 0 saturated heterocycles. The van der Waals surface area contributed by atoms with Crippen LogP contribution in [0.25, 0.3) is 10.9 Å². The molecule has 2 aromatic rings. The number of rotatable bonds is 3. The van der Waals surface area contributed by atoms with E-state index < -0.39 is 11.7 Å². The third-order valence-electron chi connectivity index (χ3n) is 3.45. The average Bonchev–Trinajstić information content (AvgIpc) is 2.42. The molecule has 0 aliphatic carbocycles. The summed E-state index contributed by atoms with van der Waals surface area (Å²) in [5.41, 5.74) is 1.41. The Morgan fingerprint density at radius 2 is 2.09 bits per heavy atom. The van der Waals surface area contributed by atoms with Gasteiger partial charge in [0.05, 0.1) is 6.04 Å². The van der Waals surface area contributed by atoms with Crippen molar-refractivity contribution in [3.05, 3.63) is 41.3 Å². The van der Waals surface area contributed by atoms with Crippen LogP contribution in [0.1, 0.15) is 51.3 Å². The highest BCUT2D eigenvalue weighted by Crippen LogP contribution is 2.28. The molecule has 4 nitrogen and oxygen atoms in total. The minimum absolute atomic E-state index is 0.267. The number of benzene rings is 1. The van der Waals surface area contributed by atoms with E-state index in [0.29, 0.717) is 17.3 Å². The lowest BCUT2D eigenvalue weighted by Gasteiger charge is -2.24. The second kappa shape index (κ2) is 6.52. The lowest BCUT2D eigenvalue weighted by molar-refractivity contribution is 0.0502. The third-order valence-corrected chi connectivity index (χ3v) is 3.45. The maximum atomic E-state index is 14.1. The van der Waals surface area contributed by atoms with Crippen LogP contribution in [0.3, 0.4) is 0 Å². The van der Waals surface area contributed by atoms with Gasteiger partial charge in [-0.25, -0.2) is 9.18 Å². The first kappa shape index (κ1) is 17.2. The molecule has 5 heteroatoms. The number of alkyl carbamates (subject to hydrolysis) is 1. The molecule has 1 aromatic carbocycles. The van der Waals surface area contributed by atoms with Gasteiger partial charge in [-0.1, -0.05) is 6.92 Å². The van der Waals surface area contributed by atoms with Crippen molar-refractivity contribution in [2.24, 2.45) is 0 Å². The molecule has 1 N–H and O–H groups in total. The van der Waals surface area contributed by atoms with E-state index in [1.165, 1.54) is 6.07 Å². The first-order valence-corrected chi connectivity index (χ1v) is 7.75. The van der Waals surface area contributed by atoms with Gasteiger partial charge >= 0.3 is 6.09 Å². The molecule has 1 aromatic heterocycles. The van der Waals surface area contributed by atoms with Crippen LogP contribution in [0.2, 0.25) is 0 Å². The number of hydrogen-bond acceptors (Lipinski definition) is 3. The molecule has 1 heterocycles. The summed E-state index contributed by atoms with van der Waals surface area (Å²) >= 11 is 0. The summed E-state index contributed by atoms with van der Waals surface area (Å²) in [5, 5.41) is 3.57. The number of amides is 1. The van der Waals surface area contributed by atoms with Crippen LogP contribution < -0.4 is 5.32 Å². The van der Waals surface area contributed by atoms with Crippen LogP contribution in [-0.4, -0.2) is 16.7 Å². The van der Waals surface area contributed by atoms with Crippen LogP contribution in [0.4, 0.5) is 9.18 Å². The molecule has 0 saturated carbocycles. The molecule has 0 spiro atoms. The fourth-order valence-corrected chi connectivity index (χ4v) is 2.52. The fraction of sp³-hybridized carbons (Fsp3) is 0.444. The Morgan fingerprint density at radius 1 is 1.39 bits per heavy atom. The van der Waals surface area contributed by atoms with Crippen molar-refractivity contribution in [2.75, 3.05) is 0 Å². The van der Waals surface area contributed by atoms with Crippen molar-refractivity contribution in [3.63, 3.8) is 0 Å². The highest BCUT2D eigenvalue weighted by atomic mass is 19.1. The average molecular weight is 318 g/mol. The number of nitrogens with zero attached hydrogens (tertiary/aromatic N) is 1. The number of aryl methyl sites for hydroxylation is 1. The molecule has 1 amide bonds. The second-order valence-corrected chi connectivity index (χ2v) is 6.65. The van der Waals surface area contributed by atoms with Crippen LogP contribution >= 0.6 is 0 Å². The normalized spacial score (nSPS) is 13.0. The summed E-state index contributed by atoms with van der Waals surface area (Å²) in [6, 6.07) is 4.89. The van der Waals surface area contributed by atoms with Gasteiger partial charge in [0.25, 0.3) is 0 Å². The summed E-state index contributed by atoms with van der Waals surface area (Å²) in [4.78, 5) is 16.2. The Balaban J connectivity index is 2.38. The number of hydrogen-bond donors (Lipinski definition) is 1. The number of carbonyl (C=O) groups excluding carboxylic acids is 1. The maximum Gasteiger partial charge on any atom is 0.408 e. The predicted octanol–water partition coefficient (Wildman–Crippen LogP) is 4.66. The molecule has 124 valence electrons. The van der Waals surface area contributed by atoms with Crippen molar-refractivity contribution in [3.8, 4) is 0 Å². The fourth-order valence-electron chi connectivity index (χ4n) is 2.52. The van der Waals surface area contributed by atoms with E-state index in [2.05, 4.69) is 10.3 Å². The lowest BCUT2D eigenvalue weighted by atomic mass is 9.99. The molecule has 23 heavy (non-hydrogen) atoms. The van der Waals surface area contributed by atoms with Crippen molar-refractivity contribution in [2.45, 2.75) is 52.7 Å². The zero-order valence-electron chi connectivity index (χ0n) is 14.2. The summed E-state index contributed by atoms with van der Waals surface area (Å²) in [5.74, 6) is -0.353. The highest BCUT2D eigenvalue weighted by Gasteiger charge is 2.21. The minimum Gasteiger partial charge on any atom is -0.444 e. The van der Waals surface area contributed by atoms with E-state index in [0.717, 1.165) is 11.1 Å². The van der Waals surface area contributed by atoms with E-state index in [-0.39, 0.29) is 11.9 Å². The van der Waals surface area contributed by atoms with E-state index >= 15 is 0 Å². The van der Waals surface area contributed by atoms with Gasteiger partial charge in [0.1, 0.15) is 16.9 Å². The molecule has 2 rings (SSSR count). The molecule has 0 bridgehead atoms. The van der Waals surface area contributed by atoms with Crippen molar-refractivity contribution < 1.29 is 13.9 Å². The van der Waals surface area contributed by atoms with Crippen molar-refractivity contribution in [1.82, 2.24) is 10.3 Å². The van der Waals surface area contributed by atoms with Crippen LogP contribution in [0, 0.1) is 12.7 Å². The monoisotopic (exact) mass is 318 g/mol. The van der Waals surface area contributed by atoms with Gasteiger partial charge in [0, 0.05) is 11.6 Å². The van der Waals surface area contributed by atoms with Gasteiger partial charge in [-0.15, -0.1) is 0 Å². The molecule has 0 aliphatic heterocycles. The Hall–Kier alpha value is -2.17.